The summed E-state index contributed by atoms with van der Waals surface area (Å²) >= 11 is 0. The van der Waals surface area contributed by atoms with Crippen molar-refractivity contribution in [1.29, 1.82) is 0 Å². The molecule has 0 radical (unpaired) electrons. The average Bonchev–Trinajstić information content (AvgIpc) is 2.50. The number of nitrogens with one attached hydrogen (secondary N) is 1. The molecule has 114 valence electrons. The van der Waals surface area contributed by atoms with E-state index < -0.39 is 10.8 Å². The Morgan fingerprint density at radius 2 is 1.90 bits per heavy atom. The minimum atomic E-state index is -0.698. The molecule has 0 heterocycles. The van der Waals surface area contributed by atoms with Crippen LogP contribution in [0.15, 0.2) is 36.4 Å². The van der Waals surface area contributed by atoms with Crippen LogP contribution < -0.4 is 10.1 Å². The highest BCUT2D eigenvalue weighted by Crippen LogP contribution is 2.24. The molecule has 4 heteroatoms. The molecule has 2 aromatic rings. The van der Waals surface area contributed by atoms with E-state index in [9.17, 15) is 4.21 Å². The van der Waals surface area contributed by atoms with E-state index in [1.807, 2.05) is 12.1 Å². The summed E-state index contributed by atoms with van der Waals surface area (Å²) in [6.07, 6.45) is 2.69. The Balaban J connectivity index is 2.02. The first-order valence-corrected chi connectivity index (χ1v) is 8.94. The SMILES string of the molecule is COc1ccc2cc(C(C)NCCCS(C)=O)ccc2c1. The van der Waals surface area contributed by atoms with Gasteiger partial charge in [-0.05, 0) is 54.4 Å². The first-order chi connectivity index (χ1) is 10.1. The Morgan fingerprint density at radius 3 is 2.62 bits per heavy atom. The Hall–Kier alpha value is -1.39. The van der Waals surface area contributed by atoms with Crippen LogP contribution in [0.1, 0.15) is 24.9 Å². The Morgan fingerprint density at radius 1 is 1.19 bits per heavy atom. The monoisotopic (exact) mass is 305 g/mol. The van der Waals surface area contributed by atoms with E-state index in [4.69, 9.17) is 4.74 Å². The quantitative estimate of drug-likeness (QED) is 0.798. The fourth-order valence-electron chi connectivity index (χ4n) is 2.35. The summed E-state index contributed by atoms with van der Waals surface area (Å²) in [5.41, 5.74) is 1.27. The molecule has 2 unspecified atom stereocenters. The van der Waals surface area contributed by atoms with E-state index in [2.05, 4.69) is 36.5 Å². The fraction of sp³-hybridized carbons (Fsp3) is 0.412. The van der Waals surface area contributed by atoms with Crippen molar-refractivity contribution in [1.82, 2.24) is 5.32 Å². The summed E-state index contributed by atoms with van der Waals surface area (Å²) in [5, 5.41) is 5.89. The molecule has 3 nitrogen and oxygen atoms in total. The predicted molar refractivity (Wildman–Crippen MR) is 90.5 cm³/mol. The lowest BCUT2D eigenvalue weighted by atomic mass is 10.0. The minimum Gasteiger partial charge on any atom is -0.497 e. The number of methoxy groups -OCH3 is 1. The van der Waals surface area contributed by atoms with Gasteiger partial charge >= 0.3 is 0 Å². The third kappa shape index (κ3) is 4.55. The molecule has 2 atom stereocenters. The summed E-state index contributed by atoms with van der Waals surface area (Å²) in [7, 11) is 0.987. The third-order valence-corrected chi connectivity index (χ3v) is 4.49. The first kappa shape index (κ1) is 16.0. The summed E-state index contributed by atoms with van der Waals surface area (Å²) in [6.45, 7) is 3.05. The zero-order valence-corrected chi connectivity index (χ0v) is 13.7. The summed E-state index contributed by atoms with van der Waals surface area (Å²) in [4.78, 5) is 0. The summed E-state index contributed by atoms with van der Waals surface area (Å²) in [6, 6.07) is 12.9. The predicted octanol–water partition coefficient (Wildman–Crippen LogP) is 3.27. The molecule has 0 fully saturated rings. The van der Waals surface area contributed by atoms with Crippen molar-refractivity contribution in [3.63, 3.8) is 0 Å². The number of benzene rings is 2. The Bertz CT molecular complexity index is 627. The molecular weight excluding hydrogens is 282 g/mol. The van der Waals surface area contributed by atoms with E-state index in [0.29, 0.717) is 6.04 Å². The van der Waals surface area contributed by atoms with Crippen molar-refractivity contribution in [3.05, 3.63) is 42.0 Å². The van der Waals surface area contributed by atoms with E-state index in [-0.39, 0.29) is 0 Å². The normalized spacial score (nSPS) is 14.0. The molecule has 0 saturated carbocycles. The Kier molecular flexibility index (Phi) is 5.76. The van der Waals surface area contributed by atoms with Crippen molar-refractivity contribution in [3.8, 4) is 5.75 Å². The second-order valence-corrected chi connectivity index (χ2v) is 6.83. The van der Waals surface area contributed by atoms with Gasteiger partial charge in [0.2, 0.25) is 0 Å². The van der Waals surface area contributed by atoms with Gasteiger partial charge in [-0.15, -0.1) is 0 Å². The molecule has 0 aliphatic heterocycles. The highest BCUT2D eigenvalue weighted by molar-refractivity contribution is 7.84. The average molecular weight is 305 g/mol. The summed E-state index contributed by atoms with van der Waals surface area (Å²) < 4.78 is 16.3. The molecule has 0 bridgehead atoms. The van der Waals surface area contributed by atoms with Crippen LogP contribution in [-0.2, 0) is 10.8 Å². The van der Waals surface area contributed by atoms with E-state index in [1.54, 1.807) is 13.4 Å². The molecule has 0 aliphatic carbocycles. The van der Waals surface area contributed by atoms with Crippen molar-refractivity contribution >= 4 is 21.6 Å². The van der Waals surface area contributed by atoms with E-state index in [0.717, 1.165) is 24.5 Å². The second kappa shape index (κ2) is 7.57. The van der Waals surface area contributed by atoms with Gasteiger partial charge in [0.05, 0.1) is 7.11 Å². The summed E-state index contributed by atoms with van der Waals surface area (Å²) in [5.74, 6) is 1.64. The molecular formula is C17H23NO2S. The zero-order valence-electron chi connectivity index (χ0n) is 12.9. The largest absolute Gasteiger partial charge is 0.497 e. The highest BCUT2D eigenvalue weighted by Gasteiger charge is 2.06. The van der Waals surface area contributed by atoms with E-state index >= 15 is 0 Å². The molecule has 0 aliphatic rings. The molecule has 0 spiro atoms. The smallest absolute Gasteiger partial charge is 0.119 e. The Labute approximate surface area is 129 Å². The van der Waals surface area contributed by atoms with Gasteiger partial charge < -0.3 is 10.1 Å². The molecule has 0 amide bonds. The van der Waals surface area contributed by atoms with E-state index in [1.165, 1.54) is 16.3 Å². The van der Waals surface area contributed by atoms with Gasteiger partial charge in [0.15, 0.2) is 0 Å². The maximum absolute atomic E-state index is 11.0. The van der Waals surface area contributed by atoms with Crippen LogP contribution in [0.25, 0.3) is 10.8 Å². The zero-order chi connectivity index (χ0) is 15.2. The van der Waals surface area contributed by atoms with Crippen molar-refractivity contribution in [2.75, 3.05) is 25.7 Å². The minimum absolute atomic E-state index is 0.293. The second-order valence-electron chi connectivity index (χ2n) is 5.28. The lowest BCUT2D eigenvalue weighted by molar-refractivity contribution is 0.415. The number of fused-ring (bicyclic) bond motifs is 1. The van der Waals surface area contributed by atoms with Crippen LogP contribution in [0.2, 0.25) is 0 Å². The lowest BCUT2D eigenvalue weighted by Crippen LogP contribution is -2.21. The first-order valence-electron chi connectivity index (χ1n) is 7.21. The number of rotatable bonds is 7. The topological polar surface area (TPSA) is 38.3 Å². The third-order valence-electron chi connectivity index (χ3n) is 3.63. The lowest BCUT2D eigenvalue weighted by Gasteiger charge is -2.15. The number of hydrogen-bond donors (Lipinski definition) is 1. The highest BCUT2D eigenvalue weighted by atomic mass is 32.2. The number of hydrogen-bond acceptors (Lipinski definition) is 3. The van der Waals surface area contributed by atoms with Gasteiger partial charge in [0.1, 0.15) is 5.75 Å². The number of ether oxygens (including phenoxy) is 1. The van der Waals surface area contributed by atoms with Crippen molar-refractivity contribution in [2.24, 2.45) is 0 Å². The molecule has 0 saturated heterocycles. The van der Waals surface area contributed by atoms with Crippen molar-refractivity contribution in [2.45, 2.75) is 19.4 Å². The molecule has 2 aromatic carbocycles. The van der Waals surface area contributed by atoms with Crippen molar-refractivity contribution < 1.29 is 8.95 Å². The van der Waals surface area contributed by atoms with Gasteiger partial charge in [0, 0.05) is 28.9 Å². The molecule has 2 rings (SSSR count). The van der Waals surface area contributed by atoms with Crippen LogP contribution >= 0.6 is 0 Å². The van der Waals surface area contributed by atoms with Crippen LogP contribution in [0.3, 0.4) is 0 Å². The fourth-order valence-corrected chi connectivity index (χ4v) is 2.90. The maximum atomic E-state index is 11.0. The van der Waals surface area contributed by atoms with Crippen LogP contribution in [0.4, 0.5) is 0 Å². The molecule has 1 N–H and O–H groups in total. The standard InChI is InChI=1S/C17H23NO2S/c1-13(18-9-4-10-21(3)19)14-5-6-16-12-17(20-2)8-7-15(16)11-14/h5-8,11-13,18H,4,9-10H2,1-3H3. The van der Waals surface area contributed by atoms with Gasteiger partial charge in [-0.3, -0.25) is 4.21 Å². The van der Waals surface area contributed by atoms with Gasteiger partial charge in [0.25, 0.3) is 0 Å². The van der Waals surface area contributed by atoms with Gasteiger partial charge in [-0.25, -0.2) is 0 Å². The van der Waals surface area contributed by atoms with Gasteiger partial charge in [-0.1, -0.05) is 18.2 Å². The van der Waals surface area contributed by atoms with Crippen LogP contribution in [0, 0.1) is 0 Å². The maximum Gasteiger partial charge on any atom is 0.119 e. The van der Waals surface area contributed by atoms with Crippen LogP contribution in [-0.4, -0.2) is 29.9 Å². The van der Waals surface area contributed by atoms with Gasteiger partial charge in [-0.2, -0.15) is 0 Å². The molecule has 21 heavy (non-hydrogen) atoms. The molecule has 0 aromatic heterocycles. The van der Waals surface area contributed by atoms with Crippen LogP contribution in [0.5, 0.6) is 5.75 Å².